The lowest BCUT2D eigenvalue weighted by atomic mass is 10.1. The number of carboxylic acids is 1. The van der Waals surface area contributed by atoms with Crippen LogP contribution >= 0.6 is 23.2 Å². The summed E-state index contributed by atoms with van der Waals surface area (Å²) >= 11 is 11.2. The molecule has 0 amide bonds. The second kappa shape index (κ2) is 5.82. The molecule has 0 saturated heterocycles. The Labute approximate surface area is 124 Å². The molecule has 10 heteroatoms. The third kappa shape index (κ3) is 3.80. The van der Waals surface area contributed by atoms with E-state index in [1.165, 1.54) is 0 Å². The Kier molecular flexibility index (Phi) is 4.99. The predicted octanol–water partition coefficient (Wildman–Crippen LogP) is 1.25. The molecular formula is C10H10Cl2FNO5S. The highest BCUT2D eigenvalue weighted by Gasteiger charge is 2.33. The first-order chi connectivity index (χ1) is 8.97. The molecule has 0 heterocycles. The van der Waals surface area contributed by atoms with Crippen molar-refractivity contribution in [2.75, 3.05) is 6.54 Å². The summed E-state index contributed by atoms with van der Waals surface area (Å²) in [7, 11) is -4.31. The summed E-state index contributed by atoms with van der Waals surface area (Å²) in [5, 5.41) is 17.2. The smallest absolute Gasteiger partial charge is 0.336 e. The van der Waals surface area contributed by atoms with Gasteiger partial charge in [0.25, 0.3) is 0 Å². The summed E-state index contributed by atoms with van der Waals surface area (Å²) in [4.78, 5) is 10.1. The van der Waals surface area contributed by atoms with Gasteiger partial charge >= 0.3 is 5.97 Å². The highest BCUT2D eigenvalue weighted by atomic mass is 35.5. The summed E-state index contributed by atoms with van der Waals surface area (Å²) in [6.45, 7) is 0.0976. The first-order valence-corrected chi connectivity index (χ1v) is 7.31. The topological polar surface area (TPSA) is 104 Å². The van der Waals surface area contributed by atoms with Crippen molar-refractivity contribution in [3.63, 3.8) is 0 Å². The van der Waals surface area contributed by atoms with E-state index in [9.17, 15) is 22.7 Å². The third-order valence-corrected chi connectivity index (χ3v) is 4.62. The van der Waals surface area contributed by atoms with Gasteiger partial charge in [-0.2, -0.15) is 0 Å². The normalized spacial score (nSPS) is 14.8. The molecule has 0 saturated carbocycles. The third-order valence-electron chi connectivity index (χ3n) is 2.30. The standard InChI is InChI=1S/C10H10Cl2FNO5S/c1-10(17,9(15)16)4-14-20(18,19)8-6(11)2-5(13)3-7(8)12/h2-3,14,17H,4H2,1H3,(H,15,16). The zero-order chi connectivity index (χ0) is 15.7. The van der Waals surface area contributed by atoms with Gasteiger partial charge in [-0.1, -0.05) is 23.2 Å². The molecule has 0 aliphatic heterocycles. The van der Waals surface area contributed by atoms with Crippen LogP contribution in [-0.4, -0.2) is 36.7 Å². The van der Waals surface area contributed by atoms with Crippen LogP contribution in [0.25, 0.3) is 0 Å². The summed E-state index contributed by atoms with van der Waals surface area (Å²) in [6, 6.07) is 1.49. The summed E-state index contributed by atoms with van der Waals surface area (Å²) in [5.74, 6) is -2.44. The Balaban J connectivity index is 3.11. The number of halogens is 3. The molecule has 0 aromatic heterocycles. The molecule has 1 aromatic rings. The molecule has 0 aliphatic carbocycles. The lowest BCUT2D eigenvalue weighted by Gasteiger charge is -2.19. The van der Waals surface area contributed by atoms with Gasteiger partial charge in [0, 0.05) is 0 Å². The fraction of sp³-hybridized carbons (Fsp3) is 0.300. The van der Waals surface area contributed by atoms with Gasteiger partial charge in [-0.25, -0.2) is 22.3 Å². The zero-order valence-electron chi connectivity index (χ0n) is 10.0. The highest BCUT2D eigenvalue weighted by Crippen LogP contribution is 2.30. The van der Waals surface area contributed by atoms with E-state index in [0.29, 0.717) is 0 Å². The van der Waals surface area contributed by atoms with Crippen LogP contribution in [0.2, 0.25) is 10.0 Å². The zero-order valence-corrected chi connectivity index (χ0v) is 12.4. The second-order valence-electron chi connectivity index (χ2n) is 4.10. The van der Waals surface area contributed by atoms with Crippen molar-refractivity contribution in [1.82, 2.24) is 4.72 Å². The van der Waals surface area contributed by atoms with Crippen LogP contribution in [0, 0.1) is 5.82 Å². The highest BCUT2D eigenvalue weighted by molar-refractivity contribution is 7.89. The Bertz CT molecular complexity index is 624. The van der Waals surface area contributed by atoms with Gasteiger partial charge in [-0.05, 0) is 19.1 Å². The maximum atomic E-state index is 13.0. The quantitative estimate of drug-likeness (QED) is 0.744. The summed E-state index contributed by atoms with van der Waals surface area (Å²) < 4.78 is 38.7. The van der Waals surface area contributed by atoms with E-state index in [4.69, 9.17) is 28.3 Å². The monoisotopic (exact) mass is 345 g/mol. The van der Waals surface area contributed by atoms with Gasteiger partial charge in [0.2, 0.25) is 10.0 Å². The first-order valence-electron chi connectivity index (χ1n) is 5.07. The number of aliphatic hydroxyl groups is 1. The minimum absolute atomic E-state index is 0.461. The fourth-order valence-electron chi connectivity index (χ4n) is 1.17. The van der Waals surface area contributed by atoms with Crippen molar-refractivity contribution < 1.29 is 27.8 Å². The Morgan fingerprint density at radius 2 is 1.85 bits per heavy atom. The molecule has 0 spiro atoms. The molecule has 20 heavy (non-hydrogen) atoms. The van der Waals surface area contributed by atoms with E-state index < -0.39 is 48.9 Å². The van der Waals surface area contributed by atoms with Crippen molar-refractivity contribution in [2.24, 2.45) is 0 Å². The minimum Gasteiger partial charge on any atom is -0.479 e. The van der Waals surface area contributed by atoms with E-state index in [1.807, 2.05) is 4.72 Å². The Morgan fingerprint density at radius 3 is 2.25 bits per heavy atom. The van der Waals surface area contributed by atoms with Gasteiger partial charge in [-0.15, -0.1) is 0 Å². The predicted molar refractivity (Wildman–Crippen MR) is 69.9 cm³/mol. The van der Waals surface area contributed by atoms with Crippen LogP contribution in [0.15, 0.2) is 17.0 Å². The second-order valence-corrected chi connectivity index (χ2v) is 6.62. The summed E-state index contributed by atoms with van der Waals surface area (Å²) in [6.07, 6.45) is 0. The van der Waals surface area contributed by atoms with Crippen molar-refractivity contribution in [2.45, 2.75) is 17.4 Å². The number of hydrogen-bond donors (Lipinski definition) is 3. The molecule has 1 unspecified atom stereocenters. The van der Waals surface area contributed by atoms with Gasteiger partial charge in [0.15, 0.2) is 5.60 Å². The molecule has 6 nitrogen and oxygen atoms in total. The molecular weight excluding hydrogens is 336 g/mol. The van der Waals surface area contributed by atoms with Crippen LogP contribution in [0.4, 0.5) is 4.39 Å². The number of benzene rings is 1. The van der Waals surface area contributed by atoms with Crippen LogP contribution in [0.1, 0.15) is 6.92 Å². The largest absolute Gasteiger partial charge is 0.479 e. The van der Waals surface area contributed by atoms with Crippen molar-refractivity contribution in [3.05, 3.63) is 28.0 Å². The number of sulfonamides is 1. The molecule has 3 N–H and O–H groups in total. The van der Waals surface area contributed by atoms with Crippen LogP contribution in [-0.2, 0) is 14.8 Å². The average Bonchev–Trinajstić information content (AvgIpc) is 2.24. The SMILES string of the molecule is CC(O)(CNS(=O)(=O)c1c(Cl)cc(F)cc1Cl)C(=O)O. The van der Waals surface area contributed by atoms with E-state index in [-0.39, 0.29) is 0 Å². The minimum atomic E-state index is -4.31. The van der Waals surface area contributed by atoms with E-state index in [0.717, 1.165) is 19.1 Å². The van der Waals surface area contributed by atoms with Crippen molar-refractivity contribution in [3.8, 4) is 0 Å². The first kappa shape index (κ1) is 17.1. The molecule has 1 atom stereocenters. The van der Waals surface area contributed by atoms with Crippen molar-refractivity contribution >= 4 is 39.2 Å². The number of carbonyl (C=O) groups is 1. The van der Waals surface area contributed by atoms with Gasteiger partial charge in [0.1, 0.15) is 10.7 Å². The number of aliphatic carboxylic acids is 1. The maximum absolute atomic E-state index is 13.0. The van der Waals surface area contributed by atoms with Crippen molar-refractivity contribution in [1.29, 1.82) is 0 Å². The number of rotatable bonds is 5. The van der Waals surface area contributed by atoms with Crippen LogP contribution < -0.4 is 4.72 Å². The van der Waals surface area contributed by atoms with E-state index >= 15 is 0 Å². The van der Waals surface area contributed by atoms with Crippen LogP contribution in [0.5, 0.6) is 0 Å². The fourth-order valence-corrected chi connectivity index (χ4v) is 3.49. The lowest BCUT2D eigenvalue weighted by Crippen LogP contribution is -2.46. The van der Waals surface area contributed by atoms with Gasteiger partial charge in [0.05, 0.1) is 16.6 Å². The molecule has 1 rings (SSSR count). The Hall–Kier alpha value is -0.930. The number of nitrogens with one attached hydrogen (secondary N) is 1. The molecule has 0 fully saturated rings. The lowest BCUT2D eigenvalue weighted by molar-refractivity contribution is -0.155. The molecule has 0 bridgehead atoms. The molecule has 0 aliphatic rings. The van der Waals surface area contributed by atoms with E-state index in [2.05, 4.69) is 0 Å². The molecule has 0 radical (unpaired) electrons. The summed E-state index contributed by atoms with van der Waals surface area (Å²) in [5.41, 5.74) is -2.31. The molecule has 1 aromatic carbocycles. The van der Waals surface area contributed by atoms with Gasteiger partial charge < -0.3 is 10.2 Å². The average molecular weight is 346 g/mol. The number of carboxylic acid groups (broad SMARTS) is 1. The number of hydrogen-bond acceptors (Lipinski definition) is 4. The molecule has 112 valence electrons. The maximum Gasteiger partial charge on any atom is 0.336 e. The van der Waals surface area contributed by atoms with Crippen LogP contribution in [0.3, 0.4) is 0 Å². The Morgan fingerprint density at radius 1 is 1.40 bits per heavy atom. The van der Waals surface area contributed by atoms with E-state index in [1.54, 1.807) is 0 Å². The van der Waals surface area contributed by atoms with Gasteiger partial charge in [-0.3, -0.25) is 0 Å².